The van der Waals surface area contributed by atoms with E-state index < -0.39 is 0 Å². The van der Waals surface area contributed by atoms with Crippen LogP contribution in [0.1, 0.15) is 11.3 Å². The van der Waals surface area contributed by atoms with Gasteiger partial charge in [0.1, 0.15) is 0 Å². The smallest absolute Gasteiger partial charge is 0.0480 e. The molecule has 2 aromatic carbocycles. The van der Waals surface area contributed by atoms with Crippen molar-refractivity contribution in [2.45, 2.75) is 13.5 Å². The van der Waals surface area contributed by atoms with E-state index in [9.17, 15) is 0 Å². The largest absolute Gasteiger partial charge is 0.348 e. The van der Waals surface area contributed by atoms with E-state index in [-0.39, 0.29) is 0 Å². The molecule has 3 rings (SSSR count). The van der Waals surface area contributed by atoms with Crippen molar-refractivity contribution in [1.29, 1.82) is 0 Å². The number of aromatic nitrogens is 1. The van der Waals surface area contributed by atoms with Gasteiger partial charge in [-0.3, -0.25) is 0 Å². The van der Waals surface area contributed by atoms with E-state index in [1.807, 2.05) is 0 Å². The van der Waals surface area contributed by atoms with Gasteiger partial charge in [-0.15, -0.1) is 0 Å². The highest BCUT2D eigenvalue weighted by molar-refractivity contribution is 5.86. The summed E-state index contributed by atoms with van der Waals surface area (Å²) in [6.45, 7) is 2.72. The molecule has 0 spiro atoms. The molecule has 2 nitrogen and oxygen atoms in total. The third-order valence-corrected chi connectivity index (χ3v) is 3.78. The zero-order valence-electron chi connectivity index (χ0n) is 11.4. The maximum atomic E-state index is 5.71. The first-order valence-corrected chi connectivity index (χ1v) is 6.54. The summed E-state index contributed by atoms with van der Waals surface area (Å²) in [5.41, 5.74) is 11.9. The lowest BCUT2D eigenvalue weighted by atomic mass is 10.0. The second-order valence-corrected chi connectivity index (χ2v) is 5.02. The zero-order chi connectivity index (χ0) is 13.4. The predicted molar refractivity (Wildman–Crippen MR) is 81.0 cm³/mol. The van der Waals surface area contributed by atoms with Crippen LogP contribution in [-0.2, 0) is 13.6 Å². The number of hydrogen-bond acceptors (Lipinski definition) is 1. The molecule has 0 unspecified atom stereocenters. The number of aryl methyl sites for hydroxylation is 2. The average Bonchev–Trinajstić information content (AvgIpc) is 2.73. The fourth-order valence-electron chi connectivity index (χ4n) is 2.54. The Morgan fingerprint density at radius 1 is 1.00 bits per heavy atom. The molecular formula is C17H18N2. The van der Waals surface area contributed by atoms with Crippen LogP contribution in [0.15, 0.2) is 48.5 Å². The van der Waals surface area contributed by atoms with Gasteiger partial charge in [-0.05, 0) is 47.9 Å². The fourth-order valence-corrected chi connectivity index (χ4v) is 2.54. The minimum absolute atomic E-state index is 0.584. The van der Waals surface area contributed by atoms with Gasteiger partial charge in [0.2, 0.25) is 0 Å². The second-order valence-electron chi connectivity index (χ2n) is 5.02. The van der Waals surface area contributed by atoms with Gasteiger partial charge in [-0.25, -0.2) is 0 Å². The highest BCUT2D eigenvalue weighted by Gasteiger charge is 2.05. The van der Waals surface area contributed by atoms with Crippen molar-refractivity contribution in [3.8, 4) is 11.1 Å². The molecule has 0 bridgehead atoms. The summed E-state index contributed by atoms with van der Waals surface area (Å²) < 4.78 is 2.22. The third-order valence-electron chi connectivity index (χ3n) is 3.78. The van der Waals surface area contributed by atoms with Crippen molar-refractivity contribution < 1.29 is 0 Å². The molecule has 0 saturated carbocycles. The van der Waals surface area contributed by atoms with Crippen LogP contribution in [-0.4, -0.2) is 4.57 Å². The monoisotopic (exact) mass is 250 g/mol. The van der Waals surface area contributed by atoms with E-state index in [1.165, 1.54) is 33.3 Å². The molecule has 0 amide bonds. The SMILES string of the molecule is Cc1cc2cc(-c3cccc(CN)c3)ccc2n1C. The van der Waals surface area contributed by atoms with Gasteiger partial charge < -0.3 is 10.3 Å². The molecule has 0 aliphatic carbocycles. The van der Waals surface area contributed by atoms with Gasteiger partial charge in [0.15, 0.2) is 0 Å². The Labute approximate surface area is 113 Å². The Kier molecular flexibility index (Phi) is 2.88. The van der Waals surface area contributed by atoms with E-state index in [4.69, 9.17) is 5.73 Å². The summed E-state index contributed by atoms with van der Waals surface area (Å²) in [4.78, 5) is 0. The third kappa shape index (κ3) is 2.04. The fraction of sp³-hybridized carbons (Fsp3) is 0.176. The zero-order valence-corrected chi connectivity index (χ0v) is 11.4. The maximum absolute atomic E-state index is 5.71. The van der Waals surface area contributed by atoms with Gasteiger partial charge in [-0.1, -0.05) is 24.3 Å². The number of fused-ring (bicyclic) bond motifs is 1. The summed E-state index contributed by atoms with van der Waals surface area (Å²) in [5.74, 6) is 0. The molecule has 1 aromatic heterocycles. The number of nitrogens with zero attached hydrogens (tertiary/aromatic N) is 1. The summed E-state index contributed by atoms with van der Waals surface area (Å²) >= 11 is 0. The first kappa shape index (κ1) is 12.0. The van der Waals surface area contributed by atoms with Crippen LogP contribution < -0.4 is 5.73 Å². The van der Waals surface area contributed by atoms with Crippen LogP contribution in [0.4, 0.5) is 0 Å². The van der Waals surface area contributed by atoms with E-state index in [0.29, 0.717) is 6.54 Å². The van der Waals surface area contributed by atoms with Gasteiger partial charge in [0.25, 0.3) is 0 Å². The van der Waals surface area contributed by atoms with Gasteiger partial charge >= 0.3 is 0 Å². The first-order chi connectivity index (χ1) is 9.19. The van der Waals surface area contributed by atoms with Crippen molar-refractivity contribution in [3.63, 3.8) is 0 Å². The Morgan fingerprint density at radius 3 is 2.58 bits per heavy atom. The second kappa shape index (κ2) is 4.56. The Balaban J connectivity index is 2.14. The van der Waals surface area contributed by atoms with Crippen molar-refractivity contribution in [2.24, 2.45) is 12.8 Å². The lowest BCUT2D eigenvalue weighted by Gasteiger charge is -2.05. The summed E-state index contributed by atoms with van der Waals surface area (Å²) in [6, 6.07) is 17.3. The number of rotatable bonds is 2. The highest BCUT2D eigenvalue weighted by Crippen LogP contribution is 2.26. The van der Waals surface area contributed by atoms with E-state index in [1.54, 1.807) is 0 Å². The average molecular weight is 250 g/mol. The Morgan fingerprint density at radius 2 is 1.79 bits per heavy atom. The van der Waals surface area contributed by atoms with Crippen LogP contribution in [0, 0.1) is 6.92 Å². The van der Waals surface area contributed by atoms with E-state index in [0.717, 1.165) is 0 Å². The lowest BCUT2D eigenvalue weighted by Crippen LogP contribution is -1.95. The van der Waals surface area contributed by atoms with E-state index in [2.05, 4.69) is 67.1 Å². The van der Waals surface area contributed by atoms with Crippen molar-refractivity contribution in [3.05, 3.63) is 59.8 Å². The molecular weight excluding hydrogens is 232 g/mol. The summed E-state index contributed by atoms with van der Waals surface area (Å²) in [5, 5.41) is 1.29. The van der Waals surface area contributed by atoms with Crippen molar-refractivity contribution in [1.82, 2.24) is 4.57 Å². The molecule has 0 fully saturated rings. The minimum Gasteiger partial charge on any atom is -0.348 e. The molecule has 0 aliphatic heterocycles. The first-order valence-electron chi connectivity index (χ1n) is 6.54. The minimum atomic E-state index is 0.584. The number of benzene rings is 2. The molecule has 0 atom stereocenters. The number of hydrogen-bond donors (Lipinski definition) is 1. The summed E-state index contributed by atoms with van der Waals surface area (Å²) in [6.07, 6.45) is 0. The van der Waals surface area contributed by atoms with Crippen molar-refractivity contribution in [2.75, 3.05) is 0 Å². The van der Waals surface area contributed by atoms with Crippen LogP contribution in [0.3, 0.4) is 0 Å². The van der Waals surface area contributed by atoms with Gasteiger partial charge in [0.05, 0.1) is 0 Å². The lowest BCUT2D eigenvalue weighted by molar-refractivity contribution is 0.918. The van der Waals surface area contributed by atoms with Crippen LogP contribution >= 0.6 is 0 Å². The molecule has 19 heavy (non-hydrogen) atoms. The van der Waals surface area contributed by atoms with E-state index >= 15 is 0 Å². The van der Waals surface area contributed by atoms with Crippen molar-refractivity contribution >= 4 is 10.9 Å². The van der Waals surface area contributed by atoms with Crippen LogP contribution in [0.25, 0.3) is 22.0 Å². The molecule has 0 radical (unpaired) electrons. The molecule has 1 heterocycles. The molecule has 2 N–H and O–H groups in total. The molecule has 96 valence electrons. The van der Waals surface area contributed by atoms with Gasteiger partial charge in [0, 0.05) is 30.2 Å². The topological polar surface area (TPSA) is 30.9 Å². The van der Waals surface area contributed by atoms with Gasteiger partial charge in [-0.2, -0.15) is 0 Å². The predicted octanol–water partition coefficient (Wildman–Crippen LogP) is 3.61. The number of nitrogens with two attached hydrogens (primary N) is 1. The standard InChI is InChI=1S/C17H18N2/c1-12-8-16-10-15(6-7-17(16)19(12)2)14-5-3-4-13(9-14)11-18/h3-10H,11,18H2,1-2H3. The molecule has 2 heteroatoms. The highest BCUT2D eigenvalue weighted by atomic mass is 14.9. The molecule has 3 aromatic rings. The normalized spacial score (nSPS) is 11.1. The molecule has 0 saturated heterocycles. The Bertz CT molecular complexity index is 738. The quantitative estimate of drug-likeness (QED) is 0.740. The summed E-state index contributed by atoms with van der Waals surface area (Å²) in [7, 11) is 2.10. The van der Waals surface area contributed by atoms with Crippen LogP contribution in [0.2, 0.25) is 0 Å². The van der Waals surface area contributed by atoms with Crippen LogP contribution in [0.5, 0.6) is 0 Å². The maximum Gasteiger partial charge on any atom is 0.0480 e. The Hall–Kier alpha value is -2.06. The molecule has 0 aliphatic rings.